The largest absolute Gasteiger partial charge is 0.380 e. The van der Waals surface area contributed by atoms with E-state index in [-0.39, 0.29) is 23.9 Å². The summed E-state index contributed by atoms with van der Waals surface area (Å²) in [4.78, 5) is 17.4. The van der Waals surface area contributed by atoms with Gasteiger partial charge in [0.1, 0.15) is 5.82 Å². The highest BCUT2D eigenvalue weighted by Crippen LogP contribution is 2.20. The molecular formula is C17H22FN3O2. The van der Waals surface area contributed by atoms with Crippen molar-refractivity contribution in [3.63, 3.8) is 0 Å². The standard InChI is InChI=1S/C17H22FN3O2/c1-21-10-13(23-2)8-16(21)17(22)19-6-5-11-9-20-15-4-3-12(18)7-14(11)15/h3-4,7,9,13,16,20H,5-6,8,10H2,1-2H3,(H,19,22)/t13-,16-/m0/s1. The summed E-state index contributed by atoms with van der Waals surface area (Å²) in [6.07, 6.45) is 3.38. The summed E-state index contributed by atoms with van der Waals surface area (Å²) in [6, 6.07) is 4.55. The summed E-state index contributed by atoms with van der Waals surface area (Å²) in [5, 5.41) is 3.85. The van der Waals surface area contributed by atoms with Gasteiger partial charge in [0, 0.05) is 37.3 Å². The van der Waals surface area contributed by atoms with E-state index < -0.39 is 0 Å². The number of fused-ring (bicyclic) bond motifs is 1. The Labute approximate surface area is 134 Å². The van der Waals surface area contributed by atoms with E-state index in [9.17, 15) is 9.18 Å². The number of likely N-dealkylation sites (N-methyl/N-ethyl adjacent to an activating group) is 1. The summed E-state index contributed by atoms with van der Waals surface area (Å²) in [7, 11) is 3.61. The molecule has 1 aliphatic heterocycles. The molecular weight excluding hydrogens is 297 g/mol. The molecule has 1 aromatic heterocycles. The van der Waals surface area contributed by atoms with Gasteiger partial charge in [0.05, 0.1) is 12.1 Å². The average molecular weight is 319 g/mol. The lowest BCUT2D eigenvalue weighted by Crippen LogP contribution is -2.42. The molecule has 1 fully saturated rings. The molecule has 2 heterocycles. The van der Waals surface area contributed by atoms with Gasteiger partial charge in [-0.15, -0.1) is 0 Å². The number of hydrogen-bond donors (Lipinski definition) is 2. The molecule has 124 valence electrons. The fourth-order valence-corrected chi connectivity index (χ4v) is 3.23. The first kappa shape index (κ1) is 16.0. The number of amides is 1. The number of likely N-dealkylation sites (tertiary alicyclic amines) is 1. The van der Waals surface area contributed by atoms with Crippen molar-refractivity contribution in [2.24, 2.45) is 0 Å². The number of halogens is 1. The van der Waals surface area contributed by atoms with Crippen LogP contribution in [0.4, 0.5) is 4.39 Å². The Morgan fingerprint density at radius 3 is 3.09 bits per heavy atom. The van der Waals surface area contributed by atoms with Gasteiger partial charge in [-0.1, -0.05) is 0 Å². The molecule has 0 aliphatic carbocycles. The van der Waals surface area contributed by atoms with Gasteiger partial charge in [0.15, 0.2) is 0 Å². The number of rotatable bonds is 5. The lowest BCUT2D eigenvalue weighted by atomic mass is 10.1. The van der Waals surface area contributed by atoms with Crippen LogP contribution in [0.1, 0.15) is 12.0 Å². The van der Waals surface area contributed by atoms with Gasteiger partial charge in [-0.3, -0.25) is 9.69 Å². The molecule has 0 spiro atoms. The number of hydrogen-bond acceptors (Lipinski definition) is 3. The number of nitrogens with one attached hydrogen (secondary N) is 2. The van der Waals surface area contributed by atoms with E-state index in [1.54, 1.807) is 13.2 Å². The van der Waals surface area contributed by atoms with Crippen molar-refractivity contribution in [2.75, 3.05) is 27.2 Å². The van der Waals surface area contributed by atoms with Crippen LogP contribution in [0.3, 0.4) is 0 Å². The fourth-order valence-electron chi connectivity index (χ4n) is 3.23. The maximum atomic E-state index is 13.4. The minimum absolute atomic E-state index is 0.0260. The van der Waals surface area contributed by atoms with Crippen LogP contribution in [0, 0.1) is 5.82 Å². The summed E-state index contributed by atoms with van der Waals surface area (Å²) in [6.45, 7) is 1.31. The molecule has 1 aliphatic rings. The number of carbonyl (C=O) groups is 1. The molecule has 2 atom stereocenters. The Balaban J connectivity index is 1.56. The van der Waals surface area contributed by atoms with Crippen LogP contribution in [-0.2, 0) is 16.0 Å². The number of H-pyrrole nitrogens is 1. The Morgan fingerprint density at radius 2 is 2.35 bits per heavy atom. The zero-order valence-corrected chi connectivity index (χ0v) is 13.4. The molecule has 1 amide bonds. The molecule has 1 aromatic carbocycles. The third kappa shape index (κ3) is 3.38. The first-order valence-corrected chi connectivity index (χ1v) is 7.84. The molecule has 5 nitrogen and oxygen atoms in total. The summed E-state index contributed by atoms with van der Waals surface area (Å²) in [5.74, 6) is -0.223. The summed E-state index contributed by atoms with van der Waals surface area (Å²) >= 11 is 0. The molecule has 1 saturated heterocycles. The Bertz CT molecular complexity index is 700. The molecule has 0 radical (unpaired) electrons. The van der Waals surface area contributed by atoms with E-state index in [4.69, 9.17) is 4.74 Å². The van der Waals surface area contributed by atoms with Gasteiger partial charge < -0.3 is 15.0 Å². The van der Waals surface area contributed by atoms with Gasteiger partial charge in [0.2, 0.25) is 5.91 Å². The zero-order valence-electron chi connectivity index (χ0n) is 13.4. The maximum Gasteiger partial charge on any atom is 0.237 e. The second kappa shape index (κ2) is 6.68. The van der Waals surface area contributed by atoms with Crippen LogP contribution in [0.2, 0.25) is 0 Å². The number of methoxy groups -OCH3 is 1. The highest BCUT2D eigenvalue weighted by Gasteiger charge is 2.34. The van der Waals surface area contributed by atoms with Crippen LogP contribution in [-0.4, -0.2) is 55.2 Å². The van der Waals surface area contributed by atoms with E-state index in [0.29, 0.717) is 13.0 Å². The Morgan fingerprint density at radius 1 is 1.52 bits per heavy atom. The predicted molar refractivity (Wildman–Crippen MR) is 86.8 cm³/mol. The van der Waals surface area contributed by atoms with Crippen LogP contribution in [0.15, 0.2) is 24.4 Å². The number of aromatic nitrogens is 1. The van der Waals surface area contributed by atoms with Crippen molar-refractivity contribution in [1.29, 1.82) is 0 Å². The van der Waals surface area contributed by atoms with Crippen molar-refractivity contribution in [3.8, 4) is 0 Å². The topological polar surface area (TPSA) is 57.4 Å². The molecule has 0 bridgehead atoms. The van der Waals surface area contributed by atoms with Gasteiger partial charge >= 0.3 is 0 Å². The van der Waals surface area contributed by atoms with Crippen molar-refractivity contribution in [1.82, 2.24) is 15.2 Å². The third-order valence-electron chi connectivity index (χ3n) is 4.57. The van der Waals surface area contributed by atoms with E-state index >= 15 is 0 Å². The quantitative estimate of drug-likeness (QED) is 0.882. The minimum Gasteiger partial charge on any atom is -0.380 e. The molecule has 3 rings (SSSR count). The monoisotopic (exact) mass is 319 g/mol. The van der Waals surface area contributed by atoms with E-state index in [0.717, 1.165) is 29.4 Å². The first-order valence-electron chi connectivity index (χ1n) is 7.84. The highest BCUT2D eigenvalue weighted by atomic mass is 19.1. The van der Waals surface area contributed by atoms with Gasteiger partial charge in [-0.25, -0.2) is 4.39 Å². The van der Waals surface area contributed by atoms with E-state index in [2.05, 4.69) is 10.3 Å². The third-order valence-corrected chi connectivity index (χ3v) is 4.57. The highest BCUT2D eigenvalue weighted by molar-refractivity contribution is 5.84. The van der Waals surface area contributed by atoms with Gasteiger partial charge in [0.25, 0.3) is 0 Å². The number of nitrogens with zero attached hydrogens (tertiary/aromatic N) is 1. The molecule has 0 saturated carbocycles. The second-order valence-corrected chi connectivity index (χ2v) is 6.09. The van der Waals surface area contributed by atoms with Crippen LogP contribution < -0.4 is 5.32 Å². The number of ether oxygens (including phenoxy) is 1. The van der Waals surface area contributed by atoms with Crippen molar-refractivity contribution in [3.05, 3.63) is 35.8 Å². The lowest BCUT2D eigenvalue weighted by Gasteiger charge is -2.18. The number of benzene rings is 1. The first-order chi connectivity index (χ1) is 11.1. The Hall–Kier alpha value is -1.92. The average Bonchev–Trinajstić information content (AvgIpc) is 3.10. The summed E-state index contributed by atoms with van der Waals surface area (Å²) in [5.41, 5.74) is 1.92. The molecule has 2 aromatic rings. The van der Waals surface area contributed by atoms with Crippen molar-refractivity contribution >= 4 is 16.8 Å². The Kier molecular flexibility index (Phi) is 4.63. The fraction of sp³-hybridized carbons (Fsp3) is 0.471. The van der Waals surface area contributed by atoms with E-state index in [1.807, 2.05) is 18.1 Å². The van der Waals surface area contributed by atoms with Gasteiger partial charge in [-0.2, -0.15) is 0 Å². The SMILES string of the molecule is CO[C@H]1C[C@@H](C(=O)NCCc2c[nH]c3ccc(F)cc23)N(C)C1. The zero-order chi connectivity index (χ0) is 16.4. The molecule has 0 unspecified atom stereocenters. The van der Waals surface area contributed by atoms with Crippen LogP contribution in [0.5, 0.6) is 0 Å². The number of carbonyl (C=O) groups excluding carboxylic acids is 1. The summed E-state index contributed by atoms with van der Waals surface area (Å²) < 4.78 is 18.7. The smallest absolute Gasteiger partial charge is 0.237 e. The van der Waals surface area contributed by atoms with E-state index in [1.165, 1.54) is 12.1 Å². The molecule has 6 heteroatoms. The van der Waals surface area contributed by atoms with Crippen molar-refractivity contribution in [2.45, 2.75) is 25.0 Å². The minimum atomic E-state index is -0.249. The normalized spacial score (nSPS) is 21.9. The second-order valence-electron chi connectivity index (χ2n) is 6.09. The molecule has 23 heavy (non-hydrogen) atoms. The molecule has 2 N–H and O–H groups in total. The van der Waals surface area contributed by atoms with Gasteiger partial charge in [-0.05, 0) is 43.7 Å². The van der Waals surface area contributed by atoms with Crippen molar-refractivity contribution < 1.29 is 13.9 Å². The lowest BCUT2D eigenvalue weighted by molar-refractivity contribution is -0.125. The number of aromatic amines is 1. The van der Waals surface area contributed by atoms with Crippen LogP contribution >= 0.6 is 0 Å². The maximum absolute atomic E-state index is 13.4. The predicted octanol–water partition coefficient (Wildman–Crippen LogP) is 1.68. The van der Waals surface area contributed by atoms with Crippen LogP contribution in [0.25, 0.3) is 10.9 Å².